The maximum atomic E-state index is 13.7. The molecule has 1 saturated heterocycles. The molecule has 0 bridgehead atoms. The summed E-state index contributed by atoms with van der Waals surface area (Å²) < 4.78 is 18.7. The fourth-order valence-corrected chi connectivity index (χ4v) is 2.26. The molecule has 1 aromatic carbocycles. The van der Waals surface area contributed by atoms with E-state index in [1.807, 2.05) is 0 Å². The predicted molar refractivity (Wildman–Crippen MR) is 61.9 cm³/mol. The number of hydrogen-bond acceptors (Lipinski definition) is 3. The van der Waals surface area contributed by atoms with Crippen molar-refractivity contribution in [2.45, 2.75) is 19.4 Å². The Labute approximate surface area is 100.0 Å². The lowest BCUT2D eigenvalue weighted by molar-refractivity contribution is -0.148. The van der Waals surface area contributed by atoms with Crippen LogP contribution in [0.25, 0.3) is 0 Å². The Kier molecular flexibility index (Phi) is 3.74. The molecule has 0 saturated carbocycles. The summed E-state index contributed by atoms with van der Waals surface area (Å²) in [6, 6.07) is 6.28. The van der Waals surface area contributed by atoms with E-state index < -0.39 is 0 Å². The summed E-state index contributed by atoms with van der Waals surface area (Å²) in [5.41, 5.74) is 0.544. The molecule has 0 radical (unpaired) electrons. The van der Waals surface area contributed by atoms with Crippen molar-refractivity contribution in [1.29, 1.82) is 0 Å². The van der Waals surface area contributed by atoms with Crippen LogP contribution in [0.3, 0.4) is 0 Å². The number of halogens is 1. The summed E-state index contributed by atoms with van der Waals surface area (Å²) in [7, 11) is 0. The lowest BCUT2D eigenvalue weighted by atomic mass is 9.94. The first-order valence-corrected chi connectivity index (χ1v) is 5.88. The van der Waals surface area contributed by atoms with Crippen LogP contribution >= 0.6 is 0 Å². The molecule has 0 spiro atoms. The van der Waals surface area contributed by atoms with Crippen molar-refractivity contribution in [3.63, 3.8) is 0 Å². The zero-order valence-electron chi connectivity index (χ0n) is 9.78. The Morgan fingerprint density at radius 2 is 2.29 bits per heavy atom. The molecule has 1 heterocycles. The van der Waals surface area contributed by atoms with E-state index in [2.05, 4.69) is 5.32 Å². The standard InChI is InChI=1S/C13H16FNO2/c1-2-17-13(16)10-7-8-15-12(10)9-5-3-4-6-11(9)14/h3-6,10,12,15H,2,7-8H2,1H3/t10-,12+/m0/s1. The number of esters is 1. The van der Waals surface area contributed by atoms with Gasteiger partial charge in [0.1, 0.15) is 5.82 Å². The van der Waals surface area contributed by atoms with Crippen molar-refractivity contribution in [2.24, 2.45) is 5.92 Å². The van der Waals surface area contributed by atoms with Gasteiger partial charge in [0.05, 0.1) is 12.5 Å². The monoisotopic (exact) mass is 237 g/mol. The Bertz CT molecular complexity index is 408. The molecule has 2 rings (SSSR count). The minimum absolute atomic E-state index is 0.245. The molecule has 1 N–H and O–H groups in total. The van der Waals surface area contributed by atoms with Gasteiger partial charge in [0.25, 0.3) is 0 Å². The fraction of sp³-hybridized carbons (Fsp3) is 0.462. The summed E-state index contributed by atoms with van der Waals surface area (Å²) in [4.78, 5) is 11.8. The number of carbonyl (C=O) groups excluding carboxylic acids is 1. The summed E-state index contributed by atoms with van der Waals surface area (Å²) >= 11 is 0. The lowest BCUT2D eigenvalue weighted by Gasteiger charge is -2.18. The van der Waals surface area contributed by atoms with Crippen molar-refractivity contribution in [3.05, 3.63) is 35.6 Å². The van der Waals surface area contributed by atoms with Crippen LogP contribution < -0.4 is 5.32 Å². The van der Waals surface area contributed by atoms with Crippen LogP contribution in [0.1, 0.15) is 24.9 Å². The molecule has 2 atom stereocenters. The molecule has 1 fully saturated rings. The highest BCUT2D eigenvalue weighted by atomic mass is 19.1. The zero-order chi connectivity index (χ0) is 12.3. The third kappa shape index (κ3) is 2.47. The van der Waals surface area contributed by atoms with Crippen molar-refractivity contribution in [2.75, 3.05) is 13.2 Å². The molecule has 0 aromatic heterocycles. The summed E-state index contributed by atoms with van der Waals surface area (Å²) in [6.45, 7) is 2.85. The Hall–Kier alpha value is -1.42. The van der Waals surface area contributed by atoms with E-state index in [1.165, 1.54) is 6.07 Å². The highest BCUT2D eigenvalue weighted by Gasteiger charge is 2.35. The van der Waals surface area contributed by atoms with Crippen LogP contribution in [-0.2, 0) is 9.53 Å². The fourth-order valence-electron chi connectivity index (χ4n) is 2.26. The Morgan fingerprint density at radius 1 is 1.53 bits per heavy atom. The number of carbonyl (C=O) groups is 1. The SMILES string of the molecule is CCOC(=O)[C@H]1CCN[C@@H]1c1ccccc1F. The van der Waals surface area contributed by atoms with Crippen LogP contribution in [0.4, 0.5) is 4.39 Å². The van der Waals surface area contributed by atoms with Gasteiger partial charge in [-0.05, 0) is 26.0 Å². The Balaban J connectivity index is 2.20. The molecule has 92 valence electrons. The first-order valence-electron chi connectivity index (χ1n) is 5.88. The van der Waals surface area contributed by atoms with Gasteiger partial charge in [0.2, 0.25) is 0 Å². The second-order valence-corrected chi connectivity index (χ2v) is 4.10. The third-order valence-corrected chi connectivity index (χ3v) is 3.05. The maximum Gasteiger partial charge on any atom is 0.310 e. The number of hydrogen-bond donors (Lipinski definition) is 1. The largest absolute Gasteiger partial charge is 0.466 e. The third-order valence-electron chi connectivity index (χ3n) is 3.05. The highest BCUT2D eigenvalue weighted by molar-refractivity contribution is 5.74. The molecule has 1 aliphatic rings. The van der Waals surface area contributed by atoms with Gasteiger partial charge in [-0.2, -0.15) is 0 Å². The van der Waals surface area contributed by atoms with Gasteiger partial charge in [0, 0.05) is 11.6 Å². The second kappa shape index (κ2) is 5.27. The van der Waals surface area contributed by atoms with Gasteiger partial charge < -0.3 is 10.1 Å². The summed E-state index contributed by atoms with van der Waals surface area (Å²) in [5.74, 6) is -0.807. The van der Waals surface area contributed by atoms with Gasteiger partial charge in [-0.25, -0.2) is 4.39 Å². The molecule has 3 nitrogen and oxygen atoms in total. The predicted octanol–water partition coefficient (Wildman–Crippen LogP) is 2.04. The van der Waals surface area contributed by atoms with Crippen LogP contribution in [0.2, 0.25) is 0 Å². The lowest BCUT2D eigenvalue weighted by Crippen LogP contribution is -2.26. The molecule has 0 unspecified atom stereocenters. The van der Waals surface area contributed by atoms with E-state index in [0.29, 0.717) is 25.1 Å². The van der Waals surface area contributed by atoms with Crippen LogP contribution in [0.5, 0.6) is 0 Å². The molecule has 0 aliphatic carbocycles. The van der Waals surface area contributed by atoms with E-state index in [9.17, 15) is 9.18 Å². The molecular weight excluding hydrogens is 221 g/mol. The van der Waals surface area contributed by atoms with Crippen LogP contribution in [-0.4, -0.2) is 19.1 Å². The van der Waals surface area contributed by atoms with Crippen molar-refractivity contribution in [1.82, 2.24) is 5.32 Å². The average molecular weight is 237 g/mol. The maximum absolute atomic E-state index is 13.7. The summed E-state index contributed by atoms with van der Waals surface area (Å²) in [6.07, 6.45) is 0.692. The van der Waals surface area contributed by atoms with Gasteiger partial charge in [-0.3, -0.25) is 4.79 Å². The molecular formula is C13H16FNO2. The number of ether oxygens (including phenoxy) is 1. The normalized spacial score (nSPS) is 23.6. The van der Waals surface area contributed by atoms with E-state index >= 15 is 0 Å². The first kappa shape index (κ1) is 12.0. The average Bonchev–Trinajstić information content (AvgIpc) is 2.79. The second-order valence-electron chi connectivity index (χ2n) is 4.10. The molecule has 17 heavy (non-hydrogen) atoms. The summed E-state index contributed by atoms with van der Waals surface area (Å²) in [5, 5.41) is 3.16. The number of benzene rings is 1. The van der Waals surface area contributed by atoms with Gasteiger partial charge in [-0.1, -0.05) is 18.2 Å². The van der Waals surface area contributed by atoms with Gasteiger partial charge >= 0.3 is 5.97 Å². The minimum atomic E-state index is -0.285. The van der Waals surface area contributed by atoms with E-state index in [1.54, 1.807) is 25.1 Å². The Morgan fingerprint density at radius 3 is 3.00 bits per heavy atom. The number of rotatable bonds is 3. The molecule has 0 amide bonds. The topological polar surface area (TPSA) is 38.3 Å². The number of nitrogens with one attached hydrogen (secondary N) is 1. The van der Waals surface area contributed by atoms with Crippen molar-refractivity contribution < 1.29 is 13.9 Å². The van der Waals surface area contributed by atoms with Crippen molar-refractivity contribution >= 4 is 5.97 Å². The minimum Gasteiger partial charge on any atom is -0.466 e. The van der Waals surface area contributed by atoms with Gasteiger partial charge in [0.15, 0.2) is 0 Å². The molecule has 1 aromatic rings. The molecule has 4 heteroatoms. The van der Waals surface area contributed by atoms with Crippen LogP contribution in [0, 0.1) is 11.7 Å². The van der Waals surface area contributed by atoms with Crippen molar-refractivity contribution in [3.8, 4) is 0 Å². The van der Waals surface area contributed by atoms with E-state index in [-0.39, 0.29) is 23.7 Å². The van der Waals surface area contributed by atoms with Crippen LogP contribution in [0.15, 0.2) is 24.3 Å². The van der Waals surface area contributed by atoms with E-state index in [4.69, 9.17) is 4.74 Å². The first-order chi connectivity index (χ1) is 8.24. The molecule has 1 aliphatic heterocycles. The smallest absolute Gasteiger partial charge is 0.310 e. The zero-order valence-corrected chi connectivity index (χ0v) is 9.78. The van der Waals surface area contributed by atoms with Gasteiger partial charge in [-0.15, -0.1) is 0 Å². The quantitative estimate of drug-likeness (QED) is 0.817. The van der Waals surface area contributed by atoms with E-state index in [0.717, 1.165) is 0 Å². The highest BCUT2D eigenvalue weighted by Crippen LogP contribution is 2.31.